The van der Waals surface area contributed by atoms with Gasteiger partial charge in [0, 0.05) is 12.1 Å². The number of nitro groups is 1. The molecule has 0 radical (unpaired) electrons. The number of hydrogen-bond acceptors (Lipinski definition) is 8. The number of nitrogens with zero attached hydrogens (tertiary/aromatic N) is 3. The van der Waals surface area contributed by atoms with Gasteiger partial charge in [-0.05, 0) is 42.0 Å². The minimum Gasteiger partial charge on any atom is -0.465 e. The predicted octanol–water partition coefficient (Wildman–Crippen LogP) is 3.43. The molecule has 2 heterocycles. The molecule has 2 aliphatic rings. The molecule has 2 amide bonds. The van der Waals surface area contributed by atoms with Crippen LogP contribution < -0.4 is 9.96 Å². The second-order valence-electron chi connectivity index (χ2n) is 8.06. The van der Waals surface area contributed by atoms with Gasteiger partial charge < -0.3 is 4.74 Å². The summed E-state index contributed by atoms with van der Waals surface area (Å²) >= 11 is 0. The van der Waals surface area contributed by atoms with Crippen molar-refractivity contribution in [3.05, 3.63) is 100 Å². The summed E-state index contributed by atoms with van der Waals surface area (Å²) < 4.78 is 4.76. The lowest BCUT2D eigenvalue weighted by Gasteiger charge is -2.28. The van der Waals surface area contributed by atoms with Crippen LogP contribution in [0, 0.1) is 16.0 Å². The smallest absolute Gasteiger partial charge is 0.337 e. The number of rotatable bonds is 5. The van der Waals surface area contributed by atoms with Gasteiger partial charge in [0.2, 0.25) is 5.91 Å². The molecule has 10 nitrogen and oxygen atoms in total. The Morgan fingerprint density at radius 3 is 2.17 bits per heavy atom. The number of para-hydroxylation sites is 1. The lowest BCUT2D eigenvalue weighted by Crippen LogP contribution is -2.37. The number of carbonyl (C=O) groups is 3. The van der Waals surface area contributed by atoms with Crippen LogP contribution in [-0.4, -0.2) is 35.9 Å². The van der Waals surface area contributed by atoms with E-state index in [1.807, 2.05) is 18.2 Å². The molecule has 0 spiro atoms. The van der Waals surface area contributed by atoms with Gasteiger partial charge in [0.1, 0.15) is 5.92 Å². The Labute approximate surface area is 199 Å². The summed E-state index contributed by atoms with van der Waals surface area (Å²) in [4.78, 5) is 56.3. The first kappa shape index (κ1) is 22.2. The van der Waals surface area contributed by atoms with Gasteiger partial charge in [0.15, 0.2) is 6.10 Å². The summed E-state index contributed by atoms with van der Waals surface area (Å²) in [5, 5.41) is 12.5. The average molecular weight is 473 g/mol. The molecule has 3 atom stereocenters. The molecule has 3 aromatic rings. The molecule has 35 heavy (non-hydrogen) atoms. The summed E-state index contributed by atoms with van der Waals surface area (Å²) in [5.41, 5.74) is 1.75. The SMILES string of the molecule is COC(=O)c1ccc([C@@H]2[C@@H]3C(=O)N(c4ccc([N+](=O)[O-])cc4)C(=O)[C@H]3ON2c2ccccc2)cc1. The minimum absolute atomic E-state index is 0.150. The Morgan fingerprint density at radius 1 is 0.914 bits per heavy atom. The topological polar surface area (TPSA) is 119 Å². The van der Waals surface area contributed by atoms with Gasteiger partial charge in [0.25, 0.3) is 11.6 Å². The van der Waals surface area contributed by atoms with E-state index in [-0.39, 0.29) is 11.4 Å². The van der Waals surface area contributed by atoms with Crippen molar-refractivity contribution in [1.29, 1.82) is 0 Å². The molecule has 3 aromatic carbocycles. The molecular weight excluding hydrogens is 454 g/mol. The fourth-order valence-corrected chi connectivity index (χ4v) is 4.46. The molecule has 2 fully saturated rings. The van der Waals surface area contributed by atoms with Gasteiger partial charge in [0.05, 0.1) is 35.0 Å². The van der Waals surface area contributed by atoms with Gasteiger partial charge in [-0.25, -0.2) is 14.8 Å². The van der Waals surface area contributed by atoms with Crippen molar-refractivity contribution in [3.8, 4) is 0 Å². The lowest BCUT2D eigenvalue weighted by atomic mass is 9.90. The second kappa shape index (κ2) is 8.65. The molecule has 5 rings (SSSR count). The molecular formula is C25H19N3O7. The lowest BCUT2D eigenvalue weighted by molar-refractivity contribution is -0.384. The normalized spacial score (nSPS) is 21.2. The number of carbonyl (C=O) groups excluding carboxylic acids is 3. The number of benzene rings is 3. The van der Waals surface area contributed by atoms with Crippen molar-refractivity contribution in [2.45, 2.75) is 12.1 Å². The molecule has 2 aliphatic heterocycles. The number of hydrogen-bond donors (Lipinski definition) is 0. The number of non-ortho nitro benzene ring substituents is 1. The van der Waals surface area contributed by atoms with E-state index in [9.17, 15) is 24.5 Å². The Hall–Kier alpha value is -4.57. The maximum Gasteiger partial charge on any atom is 0.337 e. The van der Waals surface area contributed by atoms with E-state index in [1.165, 1.54) is 31.4 Å². The van der Waals surface area contributed by atoms with E-state index in [2.05, 4.69) is 0 Å². The van der Waals surface area contributed by atoms with Gasteiger partial charge in [-0.15, -0.1) is 0 Å². The van der Waals surface area contributed by atoms with Crippen LogP contribution in [0.2, 0.25) is 0 Å². The van der Waals surface area contributed by atoms with Crippen LogP contribution in [-0.2, 0) is 19.2 Å². The summed E-state index contributed by atoms with van der Waals surface area (Å²) in [7, 11) is 1.29. The number of imide groups is 1. The highest BCUT2D eigenvalue weighted by molar-refractivity contribution is 6.24. The van der Waals surface area contributed by atoms with E-state index in [0.717, 1.165) is 4.90 Å². The molecule has 10 heteroatoms. The molecule has 0 saturated carbocycles. The fourth-order valence-electron chi connectivity index (χ4n) is 4.46. The molecule has 0 aliphatic carbocycles. The van der Waals surface area contributed by atoms with Crippen molar-refractivity contribution in [2.24, 2.45) is 5.92 Å². The van der Waals surface area contributed by atoms with Gasteiger partial charge >= 0.3 is 5.97 Å². The zero-order valence-electron chi connectivity index (χ0n) is 18.4. The minimum atomic E-state index is -1.08. The van der Waals surface area contributed by atoms with Crippen molar-refractivity contribution < 1.29 is 28.9 Å². The van der Waals surface area contributed by atoms with Gasteiger partial charge in [-0.2, -0.15) is 0 Å². The highest BCUT2D eigenvalue weighted by atomic mass is 16.7. The first-order valence-corrected chi connectivity index (χ1v) is 10.7. The second-order valence-corrected chi connectivity index (χ2v) is 8.06. The van der Waals surface area contributed by atoms with E-state index >= 15 is 0 Å². The number of methoxy groups -OCH3 is 1. The van der Waals surface area contributed by atoms with E-state index < -0.39 is 40.8 Å². The first-order chi connectivity index (χ1) is 16.9. The predicted molar refractivity (Wildman–Crippen MR) is 123 cm³/mol. The molecule has 0 N–H and O–H groups in total. The van der Waals surface area contributed by atoms with Crippen LogP contribution in [0.3, 0.4) is 0 Å². The summed E-state index contributed by atoms with van der Waals surface area (Å²) in [6.45, 7) is 0. The van der Waals surface area contributed by atoms with Crippen LogP contribution in [0.5, 0.6) is 0 Å². The maximum atomic E-state index is 13.6. The maximum absolute atomic E-state index is 13.6. The van der Waals surface area contributed by atoms with E-state index in [0.29, 0.717) is 16.8 Å². The fraction of sp³-hybridized carbons (Fsp3) is 0.160. The quantitative estimate of drug-likeness (QED) is 0.239. The van der Waals surface area contributed by atoms with E-state index in [1.54, 1.807) is 41.5 Å². The number of amides is 2. The van der Waals surface area contributed by atoms with Crippen LogP contribution in [0.15, 0.2) is 78.9 Å². The Morgan fingerprint density at radius 2 is 1.57 bits per heavy atom. The Bertz CT molecular complexity index is 1310. The van der Waals surface area contributed by atoms with Crippen molar-refractivity contribution in [1.82, 2.24) is 0 Å². The zero-order valence-corrected chi connectivity index (χ0v) is 18.4. The van der Waals surface area contributed by atoms with Crippen LogP contribution in [0.4, 0.5) is 17.1 Å². The molecule has 0 bridgehead atoms. The Kier molecular flexibility index (Phi) is 5.50. The third-order valence-corrected chi connectivity index (χ3v) is 6.12. The first-order valence-electron chi connectivity index (χ1n) is 10.7. The van der Waals surface area contributed by atoms with Gasteiger partial charge in [-0.1, -0.05) is 30.3 Å². The summed E-state index contributed by atoms with van der Waals surface area (Å²) in [6, 6.07) is 20.2. The van der Waals surface area contributed by atoms with Crippen molar-refractivity contribution >= 4 is 34.8 Å². The zero-order chi connectivity index (χ0) is 24.7. The molecule has 0 aromatic heterocycles. The van der Waals surface area contributed by atoms with Crippen molar-refractivity contribution in [3.63, 3.8) is 0 Å². The summed E-state index contributed by atoms with van der Waals surface area (Å²) in [5.74, 6) is -2.40. The van der Waals surface area contributed by atoms with Crippen LogP contribution in [0.1, 0.15) is 22.0 Å². The number of anilines is 2. The van der Waals surface area contributed by atoms with Crippen LogP contribution in [0.25, 0.3) is 0 Å². The molecule has 0 unspecified atom stereocenters. The number of nitro benzene ring substituents is 1. The third kappa shape index (κ3) is 3.69. The Balaban J connectivity index is 1.54. The number of hydroxylamine groups is 1. The standard InChI is InChI=1S/C25H19N3O7/c1-34-25(31)16-9-7-15(8-10-16)21-20-22(35-27(21)18-5-3-2-4-6-18)24(30)26(23(20)29)17-11-13-19(14-12-17)28(32)33/h2-14,20-22H,1H3/t20-,21+,22-/m0/s1. The van der Waals surface area contributed by atoms with Crippen molar-refractivity contribution in [2.75, 3.05) is 17.1 Å². The largest absolute Gasteiger partial charge is 0.465 e. The highest BCUT2D eigenvalue weighted by Gasteiger charge is 2.60. The average Bonchev–Trinajstić information content (AvgIpc) is 3.40. The summed E-state index contributed by atoms with van der Waals surface area (Å²) in [6.07, 6.45) is -1.08. The monoisotopic (exact) mass is 473 g/mol. The number of ether oxygens (including phenoxy) is 1. The number of esters is 1. The number of fused-ring (bicyclic) bond motifs is 1. The molecule has 176 valence electrons. The van der Waals surface area contributed by atoms with Crippen LogP contribution >= 0.6 is 0 Å². The van der Waals surface area contributed by atoms with E-state index in [4.69, 9.17) is 9.57 Å². The third-order valence-electron chi connectivity index (χ3n) is 6.12. The highest BCUT2D eigenvalue weighted by Crippen LogP contribution is 2.47. The molecule has 2 saturated heterocycles. The van der Waals surface area contributed by atoms with Gasteiger partial charge in [-0.3, -0.25) is 24.5 Å².